The van der Waals surface area contributed by atoms with E-state index in [1.165, 1.54) is 6.21 Å². The standard InChI is InChI=1S/C17H15NO2S/c1-3-6-15-7-4-5-8-16(15)13-18-21(19,20)17-11-9-14(2)10-12-17/h4-5,7-13H,1-2H3/b18-13+. The topological polar surface area (TPSA) is 46.5 Å². The van der Waals surface area contributed by atoms with Crippen LogP contribution in [0.2, 0.25) is 0 Å². The van der Waals surface area contributed by atoms with Gasteiger partial charge in [-0.05, 0) is 32.0 Å². The van der Waals surface area contributed by atoms with E-state index >= 15 is 0 Å². The molecule has 21 heavy (non-hydrogen) atoms. The van der Waals surface area contributed by atoms with Crippen molar-refractivity contribution in [2.45, 2.75) is 18.7 Å². The van der Waals surface area contributed by atoms with Crippen molar-refractivity contribution in [3.63, 3.8) is 0 Å². The van der Waals surface area contributed by atoms with Gasteiger partial charge in [0.2, 0.25) is 0 Å². The molecule has 0 heterocycles. The fraction of sp³-hybridized carbons (Fsp3) is 0.118. The van der Waals surface area contributed by atoms with Gasteiger partial charge in [-0.3, -0.25) is 0 Å². The maximum absolute atomic E-state index is 12.2. The average molecular weight is 297 g/mol. The molecule has 0 amide bonds. The molecule has 0 aliphatic carbocycles. The molecule has 3 nitrogen and oxygen atoms in total. The van der Waals surface area contributed by atoms with Crippen molar-refractivity contribution in [1.82, 2.24) is 0 Å². The first kappa shape index (κ1) is 15.0. The first-order valence-corrected chi connectivity index (χ1v) is 7.86. The molecule has 2 aromatic carbocycles. The number of hydrogen-bond donors (Lipinski definition) is 0. The lowest BCUT2D eigenvalue weighted by molar-refractivity contribution is 0.598. The van der Waals surface area contributed by atoms with Gasteiger partial charge >= 0.3 is 0 Å². The molecule has 0 atom stereocenters. The Labute approximate surface area is 125 Å². The van der Waals surface area contributed by atoms with E-state index < -0.39 is 10.0 Å². The molecule has 0 N–H and O–H groups in total. The predicted octanol–water partition coefficient (Wildman–Crippen LogP) is 3.17. The van der Waals surface area contributed by atoms with Crippen molar-refractivity contribution in [3.8, 4) is 11.8 Å². The lowest BCUT2D eigenvalue weighted by atomic mass is 10.1. The minimum Gasteiger partial charge on any atom is -0.199 e. The molecule has 106 valence electrons. The molecule has 0 aliphatic rings. The highest BCUT2D eigenvalue weighted by Crippen LogP contribution is 2.14. The Morgan fingerprint density at radius 1 is 1.05 bits per heavy atom. The second kappa shape index (κ2) is 6.38. The number of sulfonamides is 1. The van der Waals surface area contributed by atoms with E-state index in [-0.39, 0.29) is 4.90 Å². The third-order valence-electron chi connectivity index (χ3n) is 2.87. The van der Waals surface area contributed by atoms with Gasteiger partial charge in [0.05, 0.1) is 4.90 Å². The second-order valence-corrected chi connectivity index (χ2v) is 6.12. The van der Waals surface area contributed by atoms with E-state index in [0.717, 1.165) is 11.1 Å². The number of aryl methyl sites for hydroxylation is 1. The summed E-state index contributed by atoms with van der Waals surface area (Å²) in [5.41, 5.74) is 2.44. The van der Waals surface area contributed by atoms with Gasteiger partial charge < -0.3 is 0 Å². The van der Waals surface area contributed by atoms with Gasteiger partial charge in [0, 0.05) is 17.3 Å². The maximum atomic E-state index is 12.2. The number of rotatable bonds is 3. The van der Waals surface area contributed by atoms with Gasteiger partial charge in [-0.15, -0.1) is 5.92 Å². The van der Waals surface area contributed by atoms with Crippen LogP contribution in [0.1, 0.15) is 23.6 Å². The van der Waals surface area contributed by atoms with Crippen molar-refractivity contribution in [1.29, 1.82) is 0 Å². The summed E-state index contributed by atoms with van der Waals surface area (Å²) in [6.07, 6.45) is 1.34. The number of benzene rings is 2. The third kappa shape index (κ3) is 3.80. The quantitative estimate of drug-likeness (QED) is 0.645. The van der Waals surface area contributed by atoms with Crippen molar-refractivity contribution >= 4 is 16.2 Å². The first-order chi connectivity index (χ1) is 10.0. The summed E-state index contributed by atoms with van der Waals surface area (Å²) in [5, 5.41) is 0. The van der Waals surface area contributed by atoms with E-state index in [0.29, 0.717) is 5.56 Å². The van der Waals surface area contributed by atoms with Gasteiger partial charge in [0.1, 0.15) is 0 Å². The Bertz CT molecular complexity index is 823. The minimum atomic E-state index is -3.69. The van der Waals surface area contributed by atoms with E-state index in [2.05, 4.69) is 16.2 Å². The lowest BCUT2D eigenvalue weighted by Gasteiger charge is -2.00. The van der Waals surface area contributed by atoms with Crippen LogP contribution in [-0.4, -0.2) is 14.6 Å². The van der Waals surface area contributed by atoms with Crippen molar-refractivity contribution < 1.29 is 8.42 Å². The van der Waals surface area contributed by atoms with Gasteiger partial charge in [0.15, 0.2) is 0 Å². The monoisotopic (exact) mass is 297 g/mol. The Morgan fingerprint density at radius 3 is 2.38 bits per heavy atom. The number of hydrogen-bond acceptors (Lipinski definition) is 2. The zero-order chi connectivity index (χ0) is 15.3. The Morgan fingerprint density at radius 2 is 1.71 bits per heavy atom. The maximum Gasteiger partial charge on any atom is 0.282 e. The zero-order valence-electron chi connectivity index (χ0n) is 11.9. The van der Waals surface area contributed by atoms with Crippen LogP contribution >= 0.6 is 0 Å². The molecule has 0 unspecified atom stereocenters. The Hall–Kier alpha value is -2.38. The summed E-state index contributed by atoms with van der Waals surface area (Å²) in [6.45, 7) is 3.64. The van der Waals surface area contributed by atoms with E-state index in [9.17, 15) is 8.42 Å². The summed E-state index contributed by atoms with van der Waals surface area (Å²) < 4.78 is 28.1. The molecule has 2 rings (SSSR count). The fourth-order valence-electron chi connectivity index (χ4n) is 1.76. The third-order valence-corrected chi connectivity index (χ3v) is 4.12. The SMILES string of the molecule is CC#Cc1ccccc1/C=N/S(=O)(=O)c1ccc(C)cc1. The molecule has 0 saturated carbocycles. The van der Waals surface area contributed by atoms with Crippen LogP contribution < -0.4 is 0 Å². The molecule has 0 aliphatic heterocycles. The fourth-order valence-corrected chi connectivity index (χ4v) is 2.61. The predicted molar refractivity (Wildman–Crippen MR) is 85.0 cm³/mol. The summed E-state index contributed by atoms with van der Waals surface area (Å²) in [4.78, 5) is 0.184. The molecule has 0 aromatic heterocycles. The van der Waals surface area contributed by atoms with Gasteiger partial charge in [-0.1, -0.05) is 41.8 Å². The normalized spacial score (nSPS) is 11.1. The highest BCUT2D eigenvalue weighted by atomic mass is 32.2. The largest absolute Gasteiger partial charge is 0.282 e. The molecule has 0 fully saturated rings. The van der Waals surface area contributed by atoms with Crippen LogP contribution in [0.25, 0.3) is 0 Å². The van der Waals surface area contributed by atoms with E-state index in [1.54, 1.807) is 37.3 Å². The van der Waals surface area contributed by atoms with Gasteiger partial charge in [-0.2, -0.15) is 12.8 Å². The lowest BCUT2D eigenvalue weighted by Crippen LogP contribution is -1.98. The molecule has 2 aromatic rings. The zero-order valence-corrected chi connectivity index (χ0v) is 12.7. The van der Waals surface area contributed by atoms with Crippen LogP contribution in [0, 0.1) is 18.8 Å². The van der Waals surface area contributed by atoms with Gasteiger partial charge in [0.25, 0.3) is 10.0 Å². The second-order valence-electron chi connectivity index (χ2n) is 4.48. The molecule has 4 heteroatoms. The van der Waals surface area contributed by atoms with Crippen molar-refractivity contribution in [2.24, 2.45) is 4.40 Å². The molecule has 0 radical (unpaired) electrons. The van der Waals surface area contributed by atoms with Crippen LogP contribution in [0.4, 0.5) is 0 Å². The first-order valence-electron chi connectivity index (χ1n) is 6.42. The minimum absolute atomic E-state index is 0.184. The highest BCUT2D eigenvalue weighted by molar-refractivity contribution is 7.90. The summed E-state index contributed by atoms with van der Waals surface area (Å²) in [6, 6.07) is 13.9. The van der Waals surface area contributed by atoms with Crippen LogP contribution in [0.15, 0.2) is 57.8 Å². The summed E-state index contributed by atoms with van der Waals surface area (Å²) >= 11 is 0. The summed E-state index contributed by atoms with van der Waals surface area (Å²) in [7, 11) is -3.69. The van der Waals surface area contributed by atoms with E-state index in [4.69, 9.17) is 0 Å². The molecular weight excluding hydrogens is 282 g/mol. The smallest absolute Gasteiger partial charge is 0.199 e. The van der Waals surface area contributed by atoms with Crippen molar-refractivity contribution in [2.75, 3.05) is 0 Å². The molecule has 0 spiro atoms. The molecular formula is C17H15NO2S. The number of nitrogens with zero attached hydrogens (tertiary/aromatic N) is 1. The van der Waals surface area contributed by atoms with Gasteiger partial charge in [-0.25, -0.2) is 0 Å². The molecule has 0 bridgehead atoms. The van der Waals surface area contributed by atoms with E-state index in [1.807, 2.05) is 25.1 Å². The molecule has 0 saturated heterocycles. The average Bonchev–Trinajstić information content (AvgIpc) is 2.47. The summed E-state index contributed by atoms with van der Waals surface area (Å²) in [5.74, 6) is 5.72. The van der Waals surface area contributed by atoms with Crippen LogP contribution in [0.5, 0.6) is 0 Å². The Kier molecular flexibility index (Phi) is 4.56. The van der Waals surface area contributed by atoms with Crippen LogP contribution in [0.3, 0.4) is 0 Å². The van der Waals surface area contributed by atoms with Crippen molar-refractivity contribution in [3.05, 3.63) is 65.2 Å². The Balaban J connectivity index is 2.36. The van der Waals surface area contributed by atoms with Crippen LogP contribution in [-0.2, 0) is 10.0 Å². The highest BCUT2D eigenvalue weighted by Gasteiger charge is 2.11.